The van der Waals surface area contributed by atoms with Crippen LogP contribution in [-0.2, 0) is 4.74 Å². The summed E-state index contributed by atoms with van der Waals surface area (Å²) in [6.07, 6.45) is 5.70. The molecule has 1 aliphatic carbocycles. The third-order valence-corrected chi connectivity index (χ3v) is 3.06. The summed E-state index contributed by atoms with van der Waals surface area (Å²) in [6, 6.07) is 0. The van der Waals surface area contributed by atoms with Gasteiger partial charge in [-0.15, -0.1) is 0 Å². The number of aliphatic hydroxyl groups excluding tert-OH is 1. The minimum Gasteiger partial charge on any atom is -0.393 e. The van der Waals surface area contributed by atoms with E-state index < -0.39 is 0 Å². The topological polar surface area (TPSA) is 29.5 Å². The van der Waals surface area contributed by atoms with Crippen molar-refractivity contribution < 1.29 is 9.84 Å². The standard InChI is InChI=1S/C8H10O2/c9-5-3-4-6-1-2-7(10-6)8(4)5/h1-2,4-9H,3H2/t4-,5+,6-,7+,8+/m0/s1. The van der Waals surface area contributed by atoms with Gasteiger partial charge in [0.1, 0.15) is 0 Å². The molecule has 1 N–H and O–H groups in total. The third kappa shape index (κ3) is 0.414. The molecule has 0 aromatic heterocycles. The van der Waals surface area contributed by atoms with Crippen molar-refractivity contribution in [2.75, 3.05) is 0 Å². The van der Waals surface area contributed by atoms with Gasteiger partial charge in [0.2, 0.25) is 0 Å². The smallest absolute Gasteiger partial charge is 0.0821 e. The Bertz CT molecular complexity index is 199. The summed E-state index contributed by atoms with van der Waals surface area (Å²) in [4.78, 5) is 0. The molecule has 2 nitrogen and oxygen atoms in total. The second-order valence-corrected chi connectivity index (χ2v) is 3.49. The number of hydrogen-bond acceptors (Lipinski definition) is 2. The maximum Gasteiger partial charge on any atom is 0.0821 e. The van der Waals surface area contributed by atoms with Crippen molar-refractivity contribution in [3.05, 3.63) is 12.2 Å². The Labute approximate surface area is 59.5 Å². The molecule has 0 aromatic rings. The molecule has 3 rings (SSSR count). The van der Waals surface area contributed by atoms with Crippen LogP contribution in [-0.4, -0.2) is 23.4 Å². The quantitative estimate of drug-likeness (QED) is 0.488. The van der Waals surface area contributed by atoms with Gasteiger partial charge < -0.3 is 9.84 Å². The Morgan fingerprint density at radius 3 is 2.70 bits per heavy atom. The highest BCUT2D eigenvalue weighted by atomic mass is 16.5. The molecular formula is C8H10O2. The molecule has 3 aliphatic rings. The van der Waals surface area contributed by atoms with Crippen LogP contribution in [0.4, 0.5) is 0 Å². The van der Waals surface area contributed by atoms with Crippen molar-refractivity contribution in [1.29, 1.82) is 0 Å². The molecule has 5 atom stereocenters. The van der Waals surface area contributed by atoms with Crippen LogP contribution in [0, 0.1) is 11.8 Å². The average molecular weight is 138 g/mol. The minimum absolute atomic E-state index is 0.0788. The predicted octanol–water partition coefficient (Wildman–Crippen LogP) is 0.321. The minimum atomic E-state index is -0.0788. The molecule has 0 unspecified atom stereocenters. The fourth-order valence-electron chi connectivity index (χ4n) is 2.45. The molecule has 2 aliphatic heterocycles. The van der Waals surface area contributed by atoms with Crippen molar-refractivity contribution in [1.82, 2.24) is 0 Å². The van der Waals surface area contributed by atoms with Crippen molar-refractivity contribution in [3.63, 3.8) is 0 Å². The highest BCUT2D eigenvalue weighted by Gasteiger charge is 2.55. The Hall–Kier alpha value is -0.340. The second-order valence-electron chi connectivity index (χ2n) is 3.49. The zero-order valence-corrected chi connectivity index (χ0v) is 5.60. The average Bonchev–Trinajstić information content (AvgIpc) is 2.40. The van der Waals surface area contributed by atoms with Crippen molar-refractivity contribution >= 4 is 0 Å². The lowest BCUT2D eigenvalue weighted by molar-refractivity contribution is -0.0221. The molecule has 0 radical (unpaired) electrons. The first-order valence-electron chi connectivity index (χ1n) is 3.88. The molecular weight excluding hydrogens is 128 g/mol. The zero-order chi connectivity index (χ0) is 6.72. The highest BCUT2D eigenvalue weighted by Crippen LogP contribution is 2.51. The van der Waals surface area contributed by atoms with E-state index in [-0.39, 0.29) is 12.2 Å². The molecule has 0 aromatic carbocycles. The maximum absolute atomic E-state index is 9.33. The van der Waals surface area contributed by atoms with Crippen molar-refractivity contribution in [2.45, 2.75) is 24.7 Å². The molecule has 1 saturated heterocycles. The molecule has 2 fully saturated rings. The highest BCUT2D eigenvalue weighted by molar-refractivity contribution is 5.20. The van der Waals surface area contributed by atoms with Crippen molar-refractivity contribution in [3.8, 4) is 0 Å². The molecule has 2 heterocycles. The normalized spacial score (nSPS) is 62.3. The fourth-order valence-corrected chi connectivity index (χ4v) is 2.45. The van der Waals surface area contributed by atoms with Gasteiger partial charge >= 0.3 is 0 Å². The zero-order valence-electron chi connectivity index (χ0n) is 5.60. The lowest BCUT2D eigenvalue weighted by atomic mass is 9.66. The molecule has 0 amide bonds. The van der Waals surface area contributed by atoms with Crippen LogP contribution in [0.3, 0.4) is 0 Å². The molecule has 2 heteroatoms. The SMILES string of the molecule is O[C@@H]1C[C@@H]2[C@H]1[C@H]1C=C[C@@H]2O1. The monoisotopic (exact) mass is 138 g/mol. The number of rotatable bonds is 0. The fraction of sp³-hybridized carbons (Fsp3) is 0.750. The summed E-state index contributed by atoms with van der Waals surface area (Å²) in [5.74, 6) is 1.08. The van der Waals surface area contributed by atoms with E-state index in [1.54, 1.807) is 0 Å². The second kappa shape index (κ2) is 1.46. The number of aliphatic hydroxyl groups is 1. The van der Waals surface area contributed by atoms with E-state index in [9.17, 15) is 5.11 Å². The number of ether oxygens (including phenoxy) is 1. The van der Waals surface area contributed by atoms with Gasteiger partial charge in [-0.05, 0) is 12.3 Å². The van der Waals surface area contributed by atoms with E-state index in [1.165, 1.54) is 0 Å². The van der Waals surface area contributed by atoms with E-state index in [2.05, 4.69) is 12.2 Å². The van der Waals surface area contributed by atoms with E-state index in [4.69, 9.17) is 4.74 Å². The van der Waals surface area contributed by atoms with Gasteiger partial charge in [0.05, 0.1) is 18.3 Å². The van der Waals surface area contributed by atoms with Gasteiger partial charge in [0.25, 0.3) is 0 Å². The summed E-state index contributed by atoms with van der Waals surface area (Å²) in [7, 11) is 0. The Morgan fingerprint density at radius 1 is 1.30 bits per heavy atom. The summed E-state index contributed by atoms with van der Waals surface area (Å²) >= 11 is 0. The Kier molecular flexibility index (Phi) is 0.778. The summed E-state index contributed by atoms with van der Waals surface area (Å²) < 4.78 is 5.56. The van der Waals surface area contributed by atoms with Crippen LogP contribution in [0.2, 0.25) is 0 Å². The number of hydrogen-bond donors (Lipinski definition) is 1. The van der Waals surface area contributed by atoms with Gasteiger partial charge in [0.15, 0.2) is 0 Å². The number of fused-ring (bicyclic) bond motifs is 5. The molecule has 10 heavy (non-hydrogen) atoms. The molecule has 0 spiro atoms. The van der Waals surface area contributed by atoms with Crippen LogP contribution in [0.1, 0.15) is 6.42 Å². The maximum atomic E-state index is 9.33. The van der Waals surface area contributed by atoms with Gasteiger partial charge in [0, 0.05) is 5.92 Å². The van der Waals surface area contributed by atoms with Crippen LogP contribution < -0.4 is 0 Å². The van der Waals surface area contributed by atoms with Crippen LogP contribution in [0.25, 0.3) is 0 Å². The van der Waals surface area contributed by atoms with Gasteiger partial charge in [-0.25, -0.2) is 0 Å². The van der Waals surface area contributed by atoms with Crippen LogP contribution >= 0.6 is 0 Å². The van der Waals surface area contributed by atoms with Crippen LogP contribution in [0.15, 0.2) is 12.2 Å². The van der Waals surface area contributed by atoms with Gasteiger partial charge in [-0.2, -0.15) is 0 Å². The van der Waals surface area contributed by atoms with E-state index in [1.807, 2.05) is 0 Å². The first-order chi connectivity index (χ1) is 4.86. The predicted molar refractivity (Wildman–Crippen MR) is 35.4 cm³/mol. The Balaban J connectivity index is 1.96. The molecule has 54 valence electrons. The molecule has 1 saturated carbocycles. The van der Waals surface area contributed by atoms with Gasteiger partial charge in [-0.1, -0.05) is 12.2 Å². The first kappa shape index (κ1) is 5.33. The Morgan fingerprint density at radius 2 is 2.10 bits per heavy atom. The van der Waals surface area contributed by atoms with Crippen LogP contribution in [0.5, 0.6) is 0 Å². The third-order valence-electron chi connectivity index (χ3n) is 3.06. The van der Waals surface area contributed by atoms with Gasteiger partial charge in [-0.3, -0.25) is 0 Å². The van der Waals surface area contributed by atoms with E-state index in [0.717, 1.165) is 6.42 Å². The summed E-state index contributed by atoms with van der Waals surface area (Å²) in [5.41, 5.74) is 0. The largest absolute Gasteiger partial charge is 0.393 e. The molecule has 2 bridgehead atoms. The van der Waals surface area contributed by atoms with Crippen molar-refractivity contribution in [2.24, 2.45) is 11.8 Å². The summed E-state index contributed by atoms with van der Waals surface area (Å²) in [5, 5.41) is 9.33. The summed E-state index contributed by atoms with van der Waals surface area (Å²) in [6.45, 7) is 0. The van der Waals surface area contributed by atoms with E-state index >= 15 is 0 Å². The van der Waals surface area contributed by atoms with E-state index in [0.29, 0.717) is 17.9 Å². The lowest BCUT2D eigenvalue weighted by Crippen LogP contribution is -2.46. The lowest BCUT2D eigenvalue weighted by Gasteiger charge is -2.39. The first-order valence-corrected chi connectivity index (χ1v) is 3.88.